The lowest BCUT2D eigenvalue weighted by molar-refractivity contribution is -0.122. The van der Waals surface area contributed by atoms with Gasteiger partial charge in [0.25, 0.3) is 5.91 Å². The van der Waals surface area contributed by atoms with Crippen molar-refractivity contribution in [3.8, 4) is 5.75 Å². The Labute approximate surface area is 308 Å². The van der Waals surface area contributed by atoms with Crippen molar-refractivity contribution >= 4 is 33.0 Å². The number of hydrogen-bond donors (Lipinski definition) is 1. The number of amides is 2. The van der Waals surface area contributed by atoms with Crippen molar-refractivity contribution in [1.82, 2.24) is 5.32 Å². The zero-order valence-electron chi connectivity index (χ0n) is 29.7. The minimum atomic E-state index is -3.52. The van der Waals surface area contributed by atoms with Crippen molar-refractivity contribution in [2.45, 2.75) is 67.9 Å². The van der Waals surface area contributed by atoms with Crippen LogP contribution in [0.5, 0.6) is 5.75 Å². The van der Waals surface area contributed by atoms with Crippen LogP contribution in [0.1, 0.15) is 61.1 Å². The number of fused-ring (bicyclic) bond motifs is 3. The van der Waals surface area contributed by atoms with Gasteiger partial charge in [0.15, 0.2) is 11.6 Å². The molecule has 9 nitrogen and oxygen atoms in total. The molecule has 2 amide bonds. The van der Waals surface area contributed by atoms with E-state index in [4.69, 9.17) is 9.47 Å². The summed E-state index contributed by atoms with van der Waals surface area (Å²) >= 11 is 0. The number of carbonyl (C=O) groups excluding carboxylic acids is 2. The molecule has 4 aliphatic rings. The summed E-state index contributed by atoms with van der Waals surface area (Å²) < 4.78 is 79.0. The molecule has 2 saturated heterocycles. The maximum atomic E-state index is 14.8. The first-order valence-electron chi connectivity index (χ1n) is 18.1. The molecule has 53 heavy (non-hydrogen) atoms. The highest BCUT2D eigenvalue weighted by atomic mass is 32.2. The number of carbonyl (C=O) groups is 2. The summed E-state index contributed by atoms with van der Waals surface area (Å²) in [4.78, 5) is 30.5. The van der Waals surface area contributed by atoms with E-state index >= 15 is 0 Å². The number of rotatable bonds is 9. The largest absolute Gasteiger partial charge is 0.483 e. The third-order valence-electron chi connectivity index (χ3n) is 11.4. The van der Waals surface area contributed by atoms with Gasteiger partial charge in [0, 0.05) is 56.4 Å². The summed E-state index contributed by atoms with van der Waals surface area (Å²) in [7, 11) is -3.52. The molecule has 0 unspecified atom stereocenters. The van der Waals surface area contributed by atoms with E-state index in [1.807, 2.05) is 18.2 Å². The topological polar surface area (TPSA) is 105 Å². The van der Waals surface area contributed by atoms with Crippen LogP contribution in [0, 0.1) is 17.5 Å². The average molecular weight is 752 g/mol. The lowest BCUT2D eigenvalue weighted by atomic mass is 9.73. The Bertz CT molecular complexity index is 2030. The van der Waals surface area contributed by atoms with Crippen molar-refractivity contribution in [3.05, 3.63) is 101 Å². The zero-order chi connectivity index (χ0) is 37.5. The normalized spacial score (nSPS) is 20.7. The smallest absolute Gasteiger partial charge is 0.250 e. The molecule has 0 aromatic heterocycles. The molecular weight excluding hydrogens is 708 g/mol. The molecule has 0 saturated carbocycles. The second kappa shape index (κ2) is 14.5. The number of halogens is 3. The number of sulfone groups is 1. The van der Waals surface area contributed by atoms with Crippen molar-refractivity contribution in [2.24, 2.45) is 0 Å². The maximum absolute atomic E-state index is 14.8. The summed E-state index contributed by atoms with van der Waals surface area (Å²) in [6, 6.07) is 13.2. The minimum absolute atomic E-state index is 0.00791. The van der Waals surface area contributed by atoms with Crippen molar-refractivity contribution < 1.29 is 40.7 Å². The van der Waals surface area contributed by atoms with E-state index in [0.29, 0.717) is 82.0 Å². The van der Waals surface area contributed by atoms with Gasteiger partial charge in [0.2, 0.25) is 5.91 Å². The Morgan fingerprint density at radius 3 is 2.45 bits per heavy atom. The molecule has 3 heterocycles. The molecule has 2 spiro atoms. The third kappa shape index (κ3) is 7.82. The molecular formula is C40H44F3N3O6S. The standard InChI is InChI=1S/C40H44F3N3O6S/c1-3-38(48)46-25-40(12-16-51-17-13-40)52-36-22-30(6-9-35(36)46)45-14-10-39(11-15-45)23-27(31-7-5-28(41)21-32(31)39)20-37(47)44-29(24-53(2,49)50)18-26-4-8-33(42)34(43)19-26/h3-9,19,21-22,27,29H,1,10-18,20,23-25H2,2H3,(H,44,47)/t27-,29-/m1/s1. The molecule has 0 radical (unpaired) electrons. The third-order valence-corrected chi connectivity index (χ3v) is 12.4. The van der Waals surface area contributed by atoms with Crippen LogP contribution in [-0.2, 0) is 36.0 Å². The molecule has 3 aliphatic heterocycles. The average Bonchev–Trinajstić information content (AvgIpc) is 3.39. The van der Waals surface area contributed by atoms with Crippen molar-refractivity contribution in [3.63, 3.8) is 0 Å². The number of ether oxygens (including phenoxy) is 2. The van der Waals surface area contributed by atoms with Crippen LogP contribution in [0.15, 0.2) is 67.3 Å². The highest BCUT2D eigenvalue weighted by Gasteiger charge is 2.47. The fourth-order valence-electron chi connectivity index (χ4n) is 8.82. The Kier molecular flexibility index (Phi) is 10.1. The van der Waals surface area contributed by atoms with Gasteiger partial charge in [0.05, 0.1) is 31.2 Å². The maximum Gasteiger partial charge on any atom is 0.250 e. The molecule has 282 valence electrons. The Morgan fingerprint density at radius 1 is 1.00 bits per heavy atom. The summed E-state index contributed by atoms with van der Waals surface area (Å²) in [5.41, 5.74) is 2.94. The Morgan fingerprint density at radius 2 is 1.75 bits per heavy atom. The summed E-state index contributed by atoms with van der Waals surface area (Å²) in [5, 5.41) is 2.84. The van der Waals surface area contributed by atoms with E-state index in [1.54, 1.807) is 17.0 Å². The van der Waals surface area contributed by atoms with Crippen LogP contribution in [0.25, 0.3) is 0 Å². The van der Waals surface area contributed by atoms with Gasteiger partial charge in [-0.05, 0) is 96.2 Å². The van der Waals surface area contributed by atoms with Crippen LogP contribution in [0.2, 0.25) is 0 Å². The van der Waals surface area contributed by atoms with Gasteiger partial charge in [-0.3, -0.25) is 9.59 Å². The first-order valence-corrected chi connectivity index (χ1v) is 20.1. The van der Waals surface area contributed by atoms with E-state index < -0.39 is 33.1 Å². The van der Waals surface area contributed by atoms with E-state index in [1.165, 1.54) is 18.2 Å². The molecule has 3 aromatic rings. The monoisotopic (exact) mass is 751 g/mol. The summed E-state index contributed by atoms with van der Waals surface area (Å²) in [6.45, 7) is 6.60. The van der Waals surface area contributed by atoms with Gasteiger partial charge in [0.1, 0.15) is 27.0 Å². The number of benzene rings is 3. The van der Waals surface area contributed by atoms with Gasteiger partial charge >= 0.3 is 0 Å². The number of anilines is 2. The minimum Gasteiger partial charge on any atom is -0.483 e. The van der Waals surface area contributed by atoms with Gasteiger partial charge in [-0.25, -0.2) is 21.6 Å². The predicted molar refractivity (Wildman–Crippen MR) is 196 cm³/mol. The van der Waals surface area contributed by atoms with Crippen molar-refractivity contribution in [1.29, 1.82) is 0 Å². The molecule has 2 fully saturated rings. The number of piperidine rings is 1. The summed E-state index contributed by atoms with van der Waals surface area (Å²) in [5.74, 6) is -2.90. The second-order valence-electron chi connectivity index (χ2n) is 15.1. The SMILES string of the molecule is C=CC(=O)N1CC2(CCOCC2)Oc2cc(N3CCC4(CC3)C[C@@H](CC(=O)N[C@H](Cc3ccc(F)c(F)c3)CS(C)(=O)=O)c3ccc(F)cc34)ccc21. The predicted octanol–water partition coefficient (Wildman–Crippen LogP) is 5.75. The van der Waals surface area contributed by atoms with Gasteiger partial charge in [-0.15, -0.1) is 0 Å². The molecule has 7 rings (SSSR count). The van der Waals surface area contributed by atoms with Crippen LogP contribution >= 0.6 is 0 Å². The van der Waals surface area contributed by atoms with Crippen LogP contribution in [-0.4, -0.2) is 76.7 Å². The Hall–Kier alpha value is -4.36. The first kappa shape index (κ1) is 37.0. The lowest BCUT2D eigenvalue weighted by Gasteiger charge is -2.46. The summed E-state index contributed by atoms with van der Waals surface area (Å²) in [6.07, 6.45) is 5.87. The van der Waals surface area contributed by atoms with Gasteiger partial charge in [-0.2, -0.15) is 0 Å². The fourth-order valence-corrected chi connectivity index (χ4v) is 9.75. The fraction of sp³-hybridized carbons (Fsp3) is 0.450. The van der Waals surface area contributed by atoms with Crippen LogP contribution in [0.3, 0.4) is 0 Å². The molecule has 0 bridgehead atoms. The highest BCUT2D eigenvalue weighted by molar-refractivity contribution is 7.90. The van der Waals surface area contributed by atoms with Gasteiger partial charge in [-0.1, -0.05) is 18.7 Å². The van der Waals surface area contributed by atoms with E-state index in [0.717, 1.165) is 35.2 Å². The Balaban J connectivity index is 1.06. The first-order chi connectivity index (χ1) is 25.3. The van der Waals surface area contributed by atoms with E-state index in [2.05, 4.69) is 16.8 Å². The van der Waals surface area contributed by atoms with Gasteiger partial charge < -0.3 is 24.6 Å². The molecule has 13 heteroatoms. The second-order valence-corrected chi connectivity index (χ2v) is 17.3. The zero-order valence-corrected chi connectivity index (χ0v) is 30.5. The van der Waals surface area contributed by atoms with Crippen molar-refractivity contribution in [2.75, 3.05) is 54.7 Å². The number of nitrogens with zero attached hydrogens (tertiary/aromatic N) is 2. The van der Waals surface area contributed by atoms with E-state index in [-0.39, 0.29) is 47.6 Å². The number of hydrogen-bond acceptors (Lipinski definition) is 7. The number of nitrogens with one attached hydrogen (secondary N) is 1. The molecule has 3 aromatic carbocycles. The molecule has 1 N–H and O–H groups in total. The van der Waals surface area contributed by atoms with Crippen LogP contribution in [0.4, 0.5) is 24.5 Å². The van der Waals surface area contributed by atoms with E-state index in [9.17, 15) is 31.2 Å². The lowest BCUT2D eigenvalue weighted by Crippen LogP contribution is -2.55. The quantitative estimate of drug-likeness (QED) is 0.278. The molecule has 2 atom stereocenters. The molecule has 1 aliphatic carbocycles. The highest BCUT2D eigenvalue weighted by Crippen LogP contribution is 2.53. The van der Waals surface area contributed by atoms with Crippen LogP contribution < -0.4 is 19.9 Å².